The van der Waals surface area contributed by atoms with Crippen LogP contribution in [0.2, 0.25) is 0 Å². The zero-order chi connectivity index (χ0) is 21.4. The molecule has 0 bridgehead atoms. The Kier molecular flexibility index (Phi) is 5.08. The van der Waals surface area contributed by atoms with Crippen molar-refractivity contribution in [3.63, 3.8) is 0 Å². The molecule has 2 amide bonds. The molecule has 2 aliphatic rings. The fraction of sp³-hybridized carbons (Fsp3) is 0.280. The van der Waals surface area contributed by atoms with Crippen LogP contribution in [0.25, 0.3) is 10.8 Å². The summed E-state index contributed by atoms with van der Waals surface area (Å²) in [6.45, 7) is 3.02. The van der Waals surface area contributed by atoms with Gasteiger partial charge < -0.3 is 9.64 Å². The van der Waals surface area contributed by atoms with Gasteiger partial charge in [0.1, 0.15) is 5.75 Å². The molecule has 2 heterocycles. The van der Waals surface area contributed by atoms with E-state index in [1.165, 1.54) is 4.90 Å². The second-order valence-electron chi connectivity index (χ2n) is 7.98. The smallest absolute Gasteiger partial charge is 0.251 e. The van der Waals surface area contributed by atoms with E-state index < -0.39 is 6.04 Å². The third-order valence-electron chi connectivity index (χ3n) is 6.31. The maximum Gasteiger partial charge on any atom is 0.251 e. The molecule has 0 unspecified atom stereocenters. The largest absolute Gasteiger partial charge is 0.495 e. The van der Waals surface area contributed by atoms with Gasteiger partial charge >= 0.3 is 0 Å². The quantitative estimate of drug-likeness (QED) is 0.612. The Balaban J connectivity index is 1.34. The predicted octanol–water partition coefficient (Wildman–Crippen LogP) is 3.30. The second kappa shape index (κ2) is 8.04. The number of imide groups is 1. The van der Waals surface area contributed by atoms with Gasteiger partial charge in [-0.25, -0.2) is 4.90 Å². The maximum absolute atomic E-state index is 13.3. The number of anilines is 2. The first-order valence-electron chi connectivity index (χ1n) is 10.6. The topological polar surface area (TPSA) is 53.1 Å². The molecule has 0 saturated carbocycles. The molecule has 2 fully saturated rings. The minimum Gasteiger partial charge on any atom is -0.495 e. The van der Waals surface area contributed by atoms with Gasteiger partial charge in [-0.1, -0.05) is 48.5 Å². The SMILES string of the molecule is COc1ccccc1N1CCN([C@H]2CC(=O)N(c3cccc4ccccc34)C2=O)CC1. The van der Waals surface area contributed by atoms with Crippen molar-refractivity contribution in [1.29, 1.82) is 0 Å². The molecule has 6 heteroatoms. The van der Waals surface area contributed by atoms with Crippen LogP contribution < -0.4 is 14.5 Å². The second-order valence-corrected chi connectivity index (χ2v) is 7.98. The first kappa shape index (κ1) is 19.6. The highest BCUT2D eigenvalue weighted by atomic mass is 16.5. The molecular weight excluding hydrogens is 390 g/mol. The lowest BCUT2D eigenvalue weighted by molar-refractivity contribution is -0.123. The van der Waals surface area contributed by atoms with E-state index in [1.807, 2.05) is 60.7 Å². The van der Waals surface area contributed by atoms with E-state index in [1.54, 1.807) is 7.11 Å². The van der Waals surface area contributed by atoms with Gasteiger partial charge in [0.05, 0.1) is 30.9 Å². The highest BCUT2D eigenvalue weighted by Gasteiger charge is 2.43. The molecule has 0 radical (unpaired) electrons. The van der Waals surface area contributed by atoms with Crippen molar-refractivity contribution in [2.45, 2.75) is 12.5 Å². The van der Waals surface area contributed by atoms with Crippen molar-refractivity contribution in [3.8, 4) is 5.75 Å². The van der Waals surface area contributed by atoms with Crippen molar-refractivity contribution in [2.24, 2.45) is 0 Å². The average molecular weight is 415 g/mol. The van der Waals surface area contributed by atoms with Crippen LogP contribution >= 0.6 is 0 Å². The van der Waals surface area contributed by atoms with Crippen LogP contribution in [0.1, 0.15) is 6.42 Å². The fourth-order valence-electron chi connectivity index (χ4n) is 4.72. The molecular formula is C25H25N3O3. The number of methoxy groups -OCH3 is 1. The molecule has 5 rings (SSSR count). The van der Waals surface area contributed by atoms with Crippen LogP contribution in [0.3, 0.4) is 0 Å². The number of hydrogen-bond donors (Lipinski definition) is 0. The Hall–Kier alpha value is -3.38. The maximum atomic E-state index is 13.3. The van der Waals surface area contributed by atoms with E-state index >= 15 is 0 Å². The van der Waals surface area contributed by atoms with Crippen LogP contribution in [0.15, 0.2) is 66.7 Å². The molecule has 0 N–H and O–H groups in total. The Morgan fingerprint density at radius 3 is 2.29 bits per heavy atom. The first-order valence-corrected chi connectivity index (χ1v) is 10.6. The monoisotopic (exact) mass is 415 g/mol. The van der Waals surface area contributed by atoms with E-state index in [0.29, 0.717) is 5.69 Å². The van der Waals surface area contributed by atoms with Gasteiger partial charge in [0.25, 0.3) is 5.91 Å². The zero-order valence-electron chi connectivity index (χ0n) is 17.5. The molecule has 3 aromatic carbocycles. The number of piperazine rings is 1. The number of carbonyl (C=O) groups excluding carboxylic acids is 2. The summed E-state index contributed by atoms with van der Waals surface area (Å²) < 4.78 is 5.49. The summed E-state index contributed by atoms with van der Waals surface area (Å²) in [6.07, 6.45) is 0.233. The normalized spacial score (nSPS) is 20.0. The van der Waals surface area contributed by atoms with Crippen LogP contribution in [-0.2, 0) is 9.59 Å². The number of nitrogens with zero attached hydrogens (tertiary/aromatic N) is 3. The highest BCUT2D eigenvalue weighted by molar-refractivity contribution is 6.25. The van der Waals surface area contributed by atoms with Crippen molar-refractivity contribution in [3.05, 3.63) is 66.7 Å². The summed E-state index contributed by atoms with van der Waals surface area (Å²) in [5.74, 6) is 0.607. The van der Waals surface area contributed by atoms with E-state index in [2.05, 4.69) is 15.9 Å². The molecule has 2 aliphatic heterocycles. The first-order chi connectivity index (χ1) is 15.2. The average Bonchev–Trinajstić information content (AvgIpc) is 3.12. The number of para-hydroxylation sites is 2. The molecule has 0 spiro atoms. The summed E-state index contributed by atoms with van der Waals surface area (Å²) in [4.78, 5) is 32.1. The minimum atomic E-state index is -0.397. The molecule has 31 heavy (non-hydrogen) atoms. The van der Waals surface area contributed by atoms with Crippen molar-refractivity contribution in [1.82, 2.24) is 4.90 Å². The minimum absolute atomic E-state index is 0.118. The van der Waals surface area contributed by atoms with Gasteiger partial charge in [-0.15, -0.1) is 0 Å². The van der Waals surface area contributed by atoms with E-state index in [0.717, 1.165) is 48.4 Å². The Labute approximate surface area is 181 Å². The number of rotatable bonds is 4. The summed E-state index contributed by atoms with van der Waals surface area (Å²) >= 11 is 0. The Morgan fingerprint density at radius 2 is 1.48 bits per heavy atom. The van der Waals surface area contributed by atoms with Gasteiger partial charge in [-0.2, -0.15) is 0 Å². The highest BCUT2D eigenvalue weighted by Crippen LogP contribution is 2.33. The van der Waals surface area contributed by atoms with Crippen LogP contribution in [0.4, 0.5) is 11.4 Å². The van der Waals surface area contributed by atoms with E-state index in [4.69, 9.17) is 4.74 Å². The number of hydrogen-bond acceptors (Lipinski definition) is 5. The molecule has 2 saturated heterocycles. The number of benzene rings is 3. The summed E-state index contributed by atoms with van der Waals surface area (Å²) in [6, 6.07) is 21.2. The van der Waals surface area contributed by atoms with Crippen LogP contribution in [0, 0.1) is 0 Å². The van der Waals surface area contributed by atoms with Gasteiger partial charge in [0, 0.05) is 31.6 Å². The van der Waals surface area contributed by atoms with E-state index in [-0.39, 0.29) is 18.2 Å². The number of amides is 2. The fourth-order valence-corrected chi connectivity index (χ4v) is 4.72. The summed E-state index contributed by atoms with van der Waals surface area (Å²) in [5.41, 5.74) is 1.75. The molecule has 3 aromatic rings. The van der Waals surface area contributed by atoms with Crippen molar-refractivity contribution >= 4 is 34.0 Å². The van der Waals surface area contributed by atoms with Crippen LogP contribution in [0.5, 0.6) is 5.75 Å². The zero-order valence-corrected chi connectivity index (χ0v) is 17.5. The molecule has 0 aliphatic carbocycles. The third kappa shape index (κ3) is 3.43. The Morgan fingerprint density at radius 1 is 0.806 bits per heavy atom. The third-order valence-corrected chi connectivity index (χ3v) is 6.31. The number of fused-ring (bicyclic) bond motifs is 1. The lowest BCUT2D eigenvalue weighted by Crippen LogP contribution is -2.52. The standard InChI is InChI=1S/C25H25N3O3/c1-31-23-12-5-4-10-21(23)26-13-15-27(16-14-26)22-17-24(29)28(25(22)30)20-11-6-8-18-7-2-3-9-19(18)20/h2-12,22H,13-17H2,1H3/t22-/m0/s1. The van der Waals surface area contributed by atoms with Gasteiger partial charge in [0.15, 0.2) is 0 Å². The lowest BCUT2D eigenvalue weighted by atomic mass is 10.1. The lowest BCUT2D eigenvalue weighted by Gasteiger charge is -2.38. The van der Waals surface area contributed by atoms with Gasteiger partial charge in [-0.05, 0) is 23.6 Å². The van der Waals surface area contributed by atoms with Gasteiger partial charge in [0.2, 0.25) is 5.91 Å². The Bertz CT molecular complexity index is 1130. The van der Waals surface area contributed by atoms with E-state index in [9.17, 15) is 9.59 Å². The molecule has 158 valence electrons. The molecule has 6 nitrogen and oxygen atoms in total. The van der Waals surface area contributed by atoms with Crippen LogP contribution in [-0.4, -0.2) is 56.0 Å². The van der Waals surface area contributed by atoms with Crippen molar-refractivity contribution in [2.75, 3.05) is 43.1 Å². The summed E-state index contributed by atoms with van der Waals surface area (Å²) in [5, 5.41) is 1.95. The molecule has 0 aromatic heterocycles. The molecule has 1 atom stereocenters. The number of carbonyl (C=O) groups is 2. The predicted molar refractivity (Wildman–Crippen MR) is 122 cm³/mol. The number of ether oxygens (including phenoxy) is 1. The van der Waals surface area contributed by atoms with Crippen molar-refractivity contribution < 1.29 is 14.3 Å². The van der Waals surface area contributed by atoms with Gasteiger partial charge in [-0.3, -0.25) is 14.5 Å². The summed E-state index contributed by atoms with van der Waals surface area (Å²) in [7, 11) is 1.68.